The summed E-state index contributed by atoms with van der Waals surface area (Å²) in [6, 6.07) is 9.16. The Labute approximate surface area is 167 Å². The highest BCUT2D eigenvalue weighted by Crippen LogP contribution is 2.36. The monoisotopic (exact) mass is 446 g/mol. The number of benzene rings is 2. The van der Waals surface area contributed by atoms with Crippen LogP contribution in [0.4, 0.5) is 17.1 Å². The summed E-state index contributed by atoms with van der Waals surface area (Å²) in [5, 5.41) is 31.7. The molecule has 156 valence electrons. The standard InChI is InChI=1S/C9H13S.C6H3N3O9S/c1-8-4-6-9(7-5-8)10(2)3;10-7(11)3-1-4(8(12)13)6(19(16,17)18)5(2-3)9(14)15/h4-7H,1-3H3;1-2H,(H,16,17,18)/q+1;. The molecule has 1 N–H and O–H groups in total. The van der Waals surface area contributed by atoms with E-state index >= 15 is 0 Å². The molecule has 0 saturated carbocycles. The molecule has 0 spiro atoms. The molecule has 14 heteroatoms. The normalized spacial score (nSPS) is 10.8. The van der Waals surface area contributed by atoms with Crippen LogP contribution in [0.15, 0.2) is 46.2 Å². The summed E-state index contributed by atoms with van der Waals surface area (Å²) in [5.74, 6) is 0. The van der Waals surface area contributed by atoms with E-state index in [0.29, 0.717) is 10.9 Å². The van der Waals surface area contributed by atoms with Gasteiger partial charge in [-0.05, 0) is 19.1 Å². The van der Waals surface area contributed by atoms with Crippen molar-refractivity contribution in [2.75, 3.05) is 12.5 Å². The van der Waals surface area contributed by atoms with Gasteiger partial charge in [-0.2, -0.15) is 8.42 Å². The highest BCUT2D eigenvalue weighted by atomic mass is 32.2. The van der Waals surface area contributed by atoms with Gasteiger partial charge in [0.25, 0.3) is 5.69 Å². The molecule has 0 aliphatic heterocycles. The zero-order valence-electron chi connectivity index (χ0n) is 15.3. The van der Waals surface area contributed by atoms with Crippen molar-refractivity contribution in [1.29, 1.82) is 0 Å². The average Bonchev–Trinajstić information content (AvgIpc) is 2.60. The smallest absolute Gasteiger partial charge is 0.281 e. The maximum atomic E-state index is 10.9. The van der Waals surface area contributed by atoms with Crippen molar-refractivity contribution < 1.29 is 27.7 Å². The van der Waals surface area contributed by atoms with Gasteiger partial charge in [-0.15, -0.1) is 0 Å². The number of non-ortho nitro benzene ring substituents is 1. The van der Waals surface area contributed by atoms with Crippen molar-refractivity contribution in [3.63, 3.8) is 0 Å². The molecule has 0 atom stereocenters. The molecule has 2 aromatic carbocycles. The molecule has 0 fully saturated rings. The highest BCUT2D eigenvalue weighted by molar-refractivity contribution is 7.95. The van der Waals surface area contributed by atoms with Gasteiger partial charge in [0.2, 0.25) is 4.90 Å². The maximum absolute atomic E-state index is 10.9. The van der Waals surface area contributed by atoms with Crippen molar-refractivity contribution in [3.8, 4) is 0 Å². The van der Waals surface area contributed by atoms with Gasteiger partial charge in [-0.25, -0.2) is 0 Å². The molecule has 0 amide bonds. The second-order valence-electron chi connectivity index (χ2n) is 5.69. The molecule has 0 bridgehead atoms. The lowest BCUT2D eigenvalue weighted by molar-refractivity contribution is -0.407. The van der Waals surface area contributed by atoms with Crippen LogP contribution in [0, 0.1) is 37.3 Å². The van der Waals surface area contributed by atoms with E-state index in [1.54, 1.807) is 0 Å². The number of nitro groups is 3. The number of hydrogen-bond acceptors (Lipinski definition) is 8. The van der Waals surface area contributed by atoms with E-state index in [2.05, 4.69) is 43.7 Å². The molecule has 2 aromatic rings. The largest absolute Gasteiger partial charge is 0.308 e. The molecule has 0 aromatic heterocycles. The molecule has 2 rings (SSSR count). The SMILES string of the molecule is Cc1ccc([S+](C)C)cc1.O=[N+]([O-])c1cc([N+](=O)[O-])c(S(=O)(=O)O)c([N+](=O)[O-])c1. The number of aryl methyl sites for hydroxylation is 1. The number of hydrogen-bond donors (Lipinski definition) is 1. The van der Waals surface area contributed by atoms with E-state index in [9.17, 15) is 38.8 Å². The number of nitrogens with zero attached hydrogens (tertiary/aromatic N) is 3. The van der Waals surface area contributed by atoms with Crippen LogP contribution in [0.2, 0.25) is 0 Å². The fraction of sp³-hybridized carbons (Fsp3) is 0.200. The number of nitro benzene ring substituents is 3. The van der Waals surface area contributed by atoms with E-state index in [1.807, 2.05) is 0 Å². The first-order valence-corrected chi connectivity index (χ1v) is 11.0. The first-order chi connectivity index (χ1) is 13.3. The Bertz CT molecular complexity index is 1020. The van der Waals surface area contributed by atoms with Gasteiger partial charge >= 0.3 is 21.5 Å². The summed E-state index contributed by atoms with van der Waals surface area (Å²) in [5.41, 5.74) is -2.62. The minimum atomic E-state index is -5.30. The Balaban J connectivity index is 0.000000352. The lowest BCUT2D eigenvalue weighted by Gasteiger charge is -2.01. The lowest BCUT2D eigenvalue weighted by Crippen LogP contribution is -2.08. The Morgan fingerprint density at radius 3 is 1.55 bits per heavy atom. The van der Waals surface area contributed by atoms with E-state index in [1.165, 1.54) is 10.5 Å². The molecule has 29 heavy (non-hydrogen) atoms. The van der Waals surface area contributed by atoms with E-state index in [0.717, 1.165) is 0 Å². The molecule has 0 aliphatic rings. The van der Waals surface area contributed by atoms with Gasteiger partial charge in [0.15, 0.2) is 4.90 Å². The van der Waals surface area contributed by atoms with Crippen LogP contribution in [0.1, 0.15) is 5.56 Å². The first-order valence-electron chi connectivity index (χ1n) is 7.48. The first kappa shape index (κ1) is 23.9. The predicted molar refractivity (Wildman–Crippen MR) is 105 cm³/mol. The number of rotatable bonds is 5. The maximum Gasteiger partial charge on any atom is 0.308 e. The predicted octanol–water partition coefficient (Wildman–Crippen LogP) is 2.89. The minimum Gasteiger partial charge on any atom is -0.281 e. The van der Waals surface area contributed by atoms with Gasteiger partial charge in [-0.1, -0.05) is 17.7 Å². The molecule has 0 unspecified atom stereocenters. The van der Waals surface area contributed by atoms with Crippen LogP contribution in [0.25, 0.3) is 0 Å². The molecule has 0 heterocycles. The summed E-state index contributed by atoms with van der Waals surface area (Å²) in [4.78, 5) is 27.6. The van der Waals surface area contributed by atoms with Gasteiger partial charge in [0.1, 0.15) is 12.5 Å². The summed E-state index contributed by atoms with van der Waals surface area (Å²) >= 11 is 0. The Morgan fingerprint density at radius 1 is 0.862 bits per heavy atom. The third-order valence-corrected chi connectivity index (χ3v) is 5.54. The summed E-state index contributed by atoms with van der Waals surface area (Å²) in [6.07, 6.45) is 4.48. The van der Waals surface area contributed by atoms with Gasteiger partial charge in [-0.3, -0.25) is 34.9 Å². The second kappa shape index (κ2) is 9.40. The minimum absolute atomic E-state index is 0.204. The van der Waals surface area contributed by atoms with Crippen LogP contribution < -0.4 is 0 Å². The molecule has 0 aliphatic carbocycles. The van der Waals surface area contributed by atoms with Crippen LogP contribution >= 0.6 is 0 Å². The fourth-order valence-corrected chi connectivity index (χ4v) is 3.51. The van der Waals surface area contributed by atoms with E-state index in [4.69, 9.17) is 4.55 Å². The zero-order valence-corrected chi connectivity index (χ0v) is 17.0. The summed E-state index contributed by atoms with van der Waals surface area (Å²) in [6.45, 7) is 2.12. The third kappa shape index (κ3) is 6.48. The van der Waals surface area contributed by atoms with Crippen molar-refractivity contribution >= 4 is 38.1 Å². The van der Waals surface area contributed by atoms with Gasteiger partial charge < -0.3 is 0 Å². The molecule has 0 radical (unpaired) electrons. The average molecular weight is 446 g/mol. The van der Waals surface area contributed by atoms with Gasteiger partial charge in [0.05, 0.1) is 26.9 Å². The van der Waals surface area contributed by atoms with Crippen LogP contribution in [-0.2, 0) is 21.0 Å². The Kier molecular flexibility index (Phi) is 7.76. The van der Waals surface area contributed by atoms with Crippen LogP contribution in [0.5, 0.6) is 0 Å². The molecular formula is C15H16N3O9S2+. The van der Waals surface area contributed by atoms with Crippen LogP contribution in [-0.4, -0.2) is 40.3 Å². The molecule has 0 saturated heterocycles. The second-order valence-corrected chi connectivity index (χ2v) is 9.15. The Hall–Kier alpha value is -3.10. The van der Waals surface area contributed by atoms with Crippen molar-refractivity contribution in [1.82, 2.24) is 0 Å². The van der Waals surface area contributed by atoms with Crippen LogP contribution in [0.3, 0.4) is 0 Å². The quantitative estimate of drug-likeness (QED) is 0.312. The van der Waals surface area contributed by atoms with Crippen molar-refractivity contribution in [3.05, 3.63) is 72.3 Å². The van der Waals surface area contributed by atoms with E-state index < -0.39 is 46.8 Å². The topological polar surface area (TPSA) is 184 Å². The van der Waals surface area contributed by atoms with Crippen molar-refractivity contribution in [2.45, 2.75) is 16.7 Å². The van der Waals surface area contributed by atoms with Gasteiger partial charge in [0, 0.05) is 10.9 Å². The molecular weight excluding hydrogens is 430 g/mol. The zero-order chi connectivity index (χ0) is 22.5. The highest BCUT2D eigenvalue weighted by Gasteiger charge is 2.37. The van der Waals surface area contributed by atoms with E-state index in [-0.39, 0.29) is 12.1 Å². The van der Waals surface area contributed by atoms with Crippen molar-refractivity contribution in [2.24, 2.45) is 0 Å². The lowest BCUT2D eigenvalue weighted by atomic mass is 10.2. The molecule has 12 nitrogen and oxygen atoms in total. The fourth-order valence-electron chi connectivity index (χ4n) is 2.04. The summed E-state index contributed by atoms with van der Waals surface area (Å²) < 4.78 is 30.7. The summed E-state index contributed by atoms with van der Waals surface area (Å²) in [7, 11) is -4.89. The Morgan fingerprint density at radius 2 is 1.28 bits per heavy atom. The third-order valence-electron chi connectivity index (χ3n) is 3.39.